The maximum absolute atomic E-state index is 11.8. The summed E-state index contributed by atoms with van der Waals surface area (Å²) in [6.07, 6.45) is 0.428. The van der Waals surface area contributed by atoms with E-state index in [1.807, 2.05) is 25.7 Å². The van der Waals surface area contributed by atoms with Gasteiger partial charge in [0.05, 0.1) is 5.25 Å². The topological polar surface area (TPSA) is 66.5 Å². The molecule has 0 aliphatic carbocycles. The Bertz CT molecular complexity index is 410. The molecule has 0 radical (unpaired) electrons. The number of likely N-dealkylation sites (tertiary alicyclic amines) is 1. The number of nitrogens with zero attached hydrogens (tertiary/aromatic N) is 1. The summed E-state index contributed by atoms with van der Waals surface area (Å²) in [6.45, 7) is 10.2. The molecule has 1 amide bonds. The number of amides is 1. The Kier molecular flexibility index (Phi) is 4.43. The lowest BCUT2D eigenvalue weighted by atomic mass is 10.1. The second-order valence-corrected chi connectivity index (χ2v) is 8.51. The fraction of sp³-hybridized carbons (Fsp3) is 0.917. The van der Waals surface area contributed by atoms with E-state index in [4.69, 9.17) is 0 Å². The van der Waals surface area contributed by atoms with Gasteiger partial charge in [0, 0.05) is 25.0 Å². The molecule has 1 aliphatic rings. The zero-order chi connectivity index (χ0) is 14.1. The minimum absolute atomic E-state index is 0.0743. The van der Waals surface area contributed by atoms with E-state index in [0.29, 0.717) is 19.5 Å². The molecule has 0 spiro atoms. The normalized spacial score (nSPS) is 22.0. The van der Waals surface area contributed by atoms with E-state index in [0.717, 1.165) is 0 Å². The van der Waals surface area contributed by atoms with E-state index in [1.54, 1.807) is 13.8 Å². The lowest BCUT2D eigenvalue weighted by Gasteiger charge is -2.32. The van der Waals surface area contributed by atoms with Crippen LogP contribution in [0.25, 0.3) is 0 Å². The standard InChI is InChI=1S/C12H24N2O3S/c1-9(2)18(16,17)13-7-10-6-11(15)14(8-10)12(3,4)5/h9-10,13H,6-8H2,1-5H3. The molecule has 18 heavy (non-hydrogen) atoms. The van der Waals surface area contributed by atoms with E-state index < -0.39 is 15.3 Å². The van der Waals surface area contributed by atoms with Crippen LogP contribution >= 0.6 is 0 Å². The van der Waals surface area contributed by atoms with Crippen molar-refractivity contribution < 1.29 is 13.2 Å². The number of sulfonamides is 1. The Hall–Kier alpha value is -0.620. The summed E-state index contributed by atoms with van der Waals surface area (Å²) in [5, 5.41) is -0.437. The average Bonchev–Trinajstić information content (AvgIpc) is 2.56. The molecule has 5 nitrogen and oxygen atoms in total. The zero-order valence-corrected chi connectivity index (χ0v) is 12.7. The van der Waals surface area contributed by atoms with E-state index in [9.17, 15) is 13.2 Å². The first-order valence-corrected chi connectivity index (χ1v) is 7.87. The SMILES string of the molecule is CC(C)S(=O)(=O)NCC1CC(=O)N(C(C)(C)C)C1. The second kappa shape index (κ2) is 5.17. The molecule has 0 aromatic rings. The summed E-state index contributed by atoms with van der Waals surface area (Å²) in [5.41, 5.74) is -0.192. The predicted molar refractivity (Wildman–Crippen MR) is 71.6 cm³/mol. The van der Waals surface area contributed by atoms with Crippen molar-refractivity contribution in [3.63, 3.8) is 0 Å². The Morgan fingerprint density at radius 3 is 2.33 bits per heavy atom. The second-order valence-electron chi connectivity index (χ2n) is 6.19. The molecule has 0 saturated carbocycles. The highest BCUT2D eigenvalue weighted by atomic mass is 32.2. The maximum Gasteiger partial charge on any atom is 0.223 e. The van der Waals surface area contributed by atoms with Crippen molar-refractivity contribution in [3.05, 3.63) is 0 Å². The fourth-order valence-electron chi connectivity index (χ4n) is 1.97. The minimum atomic E-state index is -3.24. The summed E-state index contributed by atoms with van der Waals surface area (Å²) in [5.74, 6) is 0.182. The van der Waals surface area contributed by atoms with Crippen molar-refractivity contribution in [1.82, 2.24) is 9.62 Å². The number of nitrogens with one attached hydrogen (secondary N) is 1. The van der Waals surface area contributed by atoms with Gasteiger partial charge in [-0.15, -0.1) is 0 Å². The van der Waals surface area contributed by atoms with Gasteiger partial charge in [-0.2, -0.15) is 0 Å². The van der Waals surface area contributed by atoms with Crippen molar-refractivity contribution in [2.24, 2.45) is 5.92 Å². The Balaban J connectivity index is 2.56. The van der Waals surface area contributed by atoms with Crippen molar-refractivity contribution in [2.45, 2.75) is 51.8 Å². The molecule has 1 unspecified atom stereocenters. The van der Waals surface area contributed by atoms with Gasteiger partial charge in [0.1, 0.15) is 0 Å². The van der Waals surface area contributed by atoms with Crippen molar-refractivity contribution >= 4 is 15.9 Å². The first-order valence-electron chi connectivity index (χ1n) is 6.33. The highest BCUT2D eigenvalue weighted by Gasteiger charge is 2.36. The molecule has 1 heterocycles. The number of hydrogen-bond donors (Lipinski definition) is 1. The third-order valence-electron chi connectivity index (χ3n) is 3.21. The fourth-order valence-corrected chi connectivity index (χ4v) is 2.77. The van der Waals surface area contributed by atoms with Crippen LogP contribution in [0.5, 0.6) is 0 Å². The summed E-state index contributed by atoms with van der Waals surface area (Å²) in [7, 11) is -3.24. The van der Waals surface area contributed by atoms with Gasteiger partial charge in [-0.1, -0.05) is 0 Å². The molecule has 0 bridgehead atoms. The van der Waals surface area contributed by atoms with Gasteiger partial charge in [-0.25, -0.2) is 13.1 Å². The van der Waals surface area contributed by atoms with Crippen LogP contribution in [0.1, 0.15) is 41.0 Å². The molecule has 1 aliphatic heterocycles. The third-order valence-corrected chi connectivity index (χ3v) is 5.02. The quantitative estimate of drug-likeness (QED) is 0.831. The van der Waals surface area contributed by atoms with Gasteiger partial charge in [0.2, 0.25) is 15.9 Å². The Morgan fingerprint density at radius 2 is 1.94 bits per heavy atom. The summed E-state index contributed by atoms with van der Waals surface area (Å²) in [6, 6.07) is 0. The average molecular weight is 276 g/mol. The molecule has 1 N–H and O–H groups in total. The molecular weight excluding hydrogens is 252 g/mol. The monoisotopic (exact) mass is 276 g/mol. The van der Waals surface area contributed by atoms with Gasteiger partial charge in [-0.05, 0) is 40.5 Å². The molecule has 1 saturated heterocycles. The molecule has 0 aromatic carbocycles. The van der Waals surface area contributed by atoms with Gasteiger partial charge < -0.3 is 4.90 Å². The van der Waals surface area contributed by atoms with Gasteiger partial charge in [0.15, 0.2) is 0 Å². The maximum atomic E-state index is 11.8. The highest BCUT2D eigenvalue weighted by Crippen LogP contribution is 2.25. The van der Waals surface area contributed by atoms with Crippen LogP contribution in [0.2, 0.25) is 0 Å². The minimum Gasteiger partial charge on any atom is -0.338 e. The van der Waals surface area contributed by atoms with E-state index in [1.165, 1.54) is 0 Å². The van der Waals surface area contributed by atoms with Crippen molar-refractivity contribution in [2.75, 3.05) is 13.1 Å². The first kappa shape index (κ1) is 15.4. The molecular formula is C12H24N2O3S. The van der Waals surface area contributed by atoms with Crippen LogP contribution in [0.3, 0.4) is 0 Å². The molecule has 0 aromatic heterocycles. The van der Waals surface area contributed by atoms with E-state index >= 15 is 0 Å². The van der Waals surface area contributed by atoms with Crippen molar-refractivity contribution in [1.29, 1.82) is 0 Å². The van der Waals surface area contributed by atoms with Gasteiger partial charge in [-0.3, -0.25) is 4.79 Å². The largest absolute Gasteiger partial charge is 0.338 e. The van der Waals surface area contributed by atoms with Crippen LogP contribution < -0.4 is 4.72 Å². The zero-order valence-electron chi connectivity index (χ0n) is 11.9. The van der Waals surface area contributed by atoms with Crippen LogP contribution in [-0.2, 0) is 14.8 Å². The number of hydrogen-bond acceptors (Lipinski definition) is 3. The van der Waals surface area contributed by atoms with Crippen LogP contribution in [0, 0.1) is 5.92 Å². The lowest BCUT2D eigenvalue weighted by molar-refractivity contribution is -0.131. The molecule has 1 fully saturated rings. The number of rotatable bonds is 4. The molecule has 6 heteroatoms. The number of carbonyl (C=O) groups is 1. The van der Waals surface area contributed by atoms with Crippen LogP contribution in [0.15, 0.2) is 0 Å². The predicted octanol–water partition coefficient (Wildman–Crippen LogP) is 0.961. The number of carbonyl (C=O) groups excluding carboxylic acids is 1. The highest BCUT2D eigenvalue weighted by molar-refractivity contribution is 7.90. The van der Waals surface area contributed by atoms with Crippen LogP contribution in [0.4, 0.5) is 0 Å². The van der Waals surface area contributed by atoms with E-state index in [-0.39, 0.29) is 17.4 Å². The van der Waals surface area contributed by atoms with E-state index in [2.05, 4.69) is 4.72 Å². The third kappa shape index (κ3) is 3.68. The van der Waals surface area contributed by atoms with Gasteiger partial charge >= 0.3 is 0 Å². The lowest BCUT2D eigenvalue weighted by Crippen LogP contribution is -2.43. The molecule has 1 atom stereocenters. The summed E-state index contributed by atoms with van der Waals surface area (Å²) < 4.78 is 25.9. The Morgan fingerprint density at radius 1 is 1.39 bits per heavy atom. The van der Waals surface area contributed by atoms with Gasteiger partial charge in [0.25, 0.3) is 0 Å². The first-order chi connectivity index (χ1) is 8.04. The summed E-state index contributed by atoms with van der Waals surface area (Å²) >= 11 is 0. The summed E-state index contributed by atoms with van der Waals surface area (Å²) in [4.78, 5) is 13.7. The molecule has 106 valence electrons. The Labute approximate surface area is 110 Å². The van der Waals surface area contributed by atoms with Crippen molar-refractivity contribution in [3.8, 4) is 0 Å². The smallest absolute Gasteiger partial charge is 0.223 e. The van der Waals surface area contributed by atoms with Crippen LogP contribution in [-0.4, -0.2) is 43.1 Å². The molecule has 1 rings (SSSR count).